The average molecular weight is 235 g/mol. The van der Waals surface area contributed by atoms with Crippen molar-refractivity contribution in [2.75, 3.05) is 0 Å². The van der Waals surface area contributed by atoms with Crippen LogP contribution < -0.4 is 5.73 Å². The van der Waals surface area contributed by atoms with E-state index in [-0.39, 0.29) is 6.29 Å². The number of alkyl halides is 3. The van der Waals surface area contributed by atoms with E-state index in [1.54, 1.807) is 0 Å². The number of carbonyl (C=O) groups is 2. The Morgan fingerprint density at radius 1 is 1.31 bits per heavy atom. The van der Waals surface area contributed by atoms with Gasteiger partial charge >= 0.3 is 6.18 Å². The third-order valence-corrected chi connectivity index (χ3v) is 1.84. The van der Waals surface area contributed by atoms with Crippen LogP contribution in [0.2, 0.25) is 0 Å². The molecule has 3 nitrogen and oxygen atoms in total. The molecule has 1 rings (SSSR count). The fourth-order valence-corrected chi connectivity index (χ4v) is 1.24. The second-order valence-electron chi connectivity index (χ2n) is 2.87. The fourth-order valence-electron chi connectivity index (χ4n) is 1.24. The Kier molecular flexibility index (Phi) is 2.97. The molecule has 16 heavy (non-hydrogen) atoms. The maximum Gasteiger partial charge on any atom is 0.417 e. The van der Waals surface area contributed by atoms with Gasteiger partial charge in [0.2, 0.25) is 0 Å². The molecule has 0 radical (unpaired) electrons. The van der Waals surface area contributed by atoms with Gasteiger partial charge in [0.25, 0.3) is 5.91 Å². The fraction of sp³-hybridized carbons (Fsp3) is 0.111. The minimum Gasteiger partial charge on any atom is -0.365 e. The van der Waals surface area contributed by atoms with Gasteiger partial charge in [-0.05, 0) is 12.1 Å². The molecule has 0 aliphatic carbocycles. The van der Waals surface area contributed by atoms with Gasteiger partial charge in [-0.1, -0.05) is 0 Å². The molecule has 2 N–H and O–H groups in total. The zero-order valence-corrected chi connectivity index (χ0v) is 7.64. The van der Waals surface area contributed by atoms with Crippen molar-refractivity contribution < 1.29 is 27.2 Å². The van der Waals surface area contributed by atoms with Gasteiger partial charge in [0.1, 0.15) is 5.82 Å². The summed E-state index contributed by atoms with van der Waals surface area (Å²) >= 11 is 0. The molecule has 0 fully saturated rings. The second kappa shape index (κ2) is 3.92. The number of halogens is 4. The Morgan fingerprint density at radius 2 is 1.88 bits per heavy atom. The van der Waals surface area contributed by atoms with Gasteiger partial charge in [0.05, 0.1) is 11.1 Å². The Balaban J connectivity index is 3.69. The first-order valence-corrected chi connectivity index (χ1v) is 3.93. The van der Waals surface area contributed by atoms with Crippen molar-refractivity contribution in [3.05, 3.63) is 34.6 Å². The van der Waals surface area contributed by atoms with Gasteiger partial charge in [-0.15, -0.1) is 0 Å². The number of benzene rings is 1. The van der Waals surface area contributed by atoms with Gasteiger partial charge in [-0.25, -0.2) is 4.39 Å². The van der Waals surface area contributed by atoms with Crippen LogP contribution in [0.3, 0.4) is 0 Å². The van der Waals surface area contributed by atoms with Gasteiger partial charge in [-0.2, -0.15) is 13.2 Å². The van der Waals surface area contributed by atoms with E-state index in [1.165, 1.54) is 0 Å². The maximum absolute atomic E-state index is 13.0. The van der Waals surface area contributed by atoms with Crippen molar-refractivity contribution in [3.63, 3.8) is 0 Å². The van der Waals surface area contributed by atoms with Gasteiger partial charge in [-0.3, -0.25) is 9.59 Å². The third-order valence-electron chi connectivity index (χ3n) is 1.84. The number of carbonyl (C=O) groups excluding carboxylic acids is 2. The molecule has 1 aromatic rings. The molecule has 0 spiro atoms. The van der Waals surface area contributed by atoms with Crippen molar-refractivity contribution in [1.82, 2.24) is 0 Å². The summed E-state index contributed by atoms with van der Waals surface area (Å²) in [7, 11) is 0. The Bertz CT molecular complexity index is 454. The van der Waals surface area contributed by atoms with E-state index >= 15 is 0 Å². The van der Waals surface area contributed by atoms with Gasteiger partial charge in [0, 0.05) is 5.56 Å². The Labute approximate surface area is 86.9 Å². The largest absolute Gasteiger partial charge is 0.417 e. The van der Waals surface area contributed by atoms with Crippen LogP contribution >= 0.6 is 0 Å². The van der Waals surface area contributed by atoms with E-state index in [9.17, 15) is 27.2 Å². The van der Waals surface area contributed by atoms with Gasteiger partial charge in [0.15, 0.2) is 6.29 Å². The molecule has 0 aliphatic heterocycles. The maximum atomic E-state index is 13.0. The number of hydrogen-bond donors (Lipinski definition) is 1. The first-order chi connectivity index (χ1) is 7.29. The number of nitrogens with two attached hydrogens (primary N) is 1. The predicted octanol–water partition coefficient (Wildman–Crippen LogP) is 1.76. The monoisotopic (exact) mass is 235 g/mol. The Hall–Kier alpha value is -1.92. The summed E-state index contributed by atoms with van der Waals surface area (Å²) in [4.78, 5) is 21.1. The molecule has 0 bridgehead atoms. The predicted molar refractivity (Wildman–Crippen MR) is 45.3 cm³/mol. The van der Waals surface area contributed by atoms with Crippen LogP contribution in [0.25, 0.3) is 0 Å². The summed E-state index contributed by atoms with van der Waals surface area (Å²) in [6.45, 7) is 0. The minimum absolute atomic E-state index is 0.116. The molecular weight excluding hydrogens is 230 g/mol. The minimum atomic E-state index is -5.03. The molecule has 0 saturated carbocycles. The number of hydrogen-bond acceptors (Lipinski definition) is 2. The molecular formula is C9H5F4NO2. The first-order valence-electron chi connectivity index (χ1n) is 3.93. The summed E-state index contributed by atoms with van der Waals surface area (Å²) in [6, 6.07) is 1.22. The van der Waals surface area contributed by atoms with E-state index in [4.69, 9.17) is 0 Å². The number of aldehydes is 1. The third kappa shape index (κ3) is 2.02. The summed E-state index contributed by atoms with van der Waals surface area (Å²) in [5.74, 6) is -2.99. The van der Waals surface area contributed by atoms with E-state index in [1.807, 2.05) is 0 Å². The second-order valence-corrected chi connectivity index (χ2v) is 2.87. The normalized spacial score (nSPS) is 11.2. The highest BCUT2D eigenvalue weighted by Gasteiger charge is 2.39. The number of rotatable bonds is 2. The highest BCUT2D eigenvalue weighted by molar-refractivity contribution is 5.97. The van der Waals surface area contributed by atoms with E-state index in [2.05, 4.69) is 5.73 Å². The summed E-state index contributed by atoms with van der Waals surface area (Å²) < 4.78 is 50.5. The van der Waals surface area contributed by atoms with Crippen LogP contribution in [0, 0.1) is 5.82 Å². The summed E-state index contributed by atoms with van der Waals surface area (Å²) in [6.07, 6.45) is -5.14. The molecule has 0 saturated heterocycles. The average Bonchev–Trinajstić information content (AvgIpc) is 2.15. The van der Waals surface area contributed by atoms with Crippen molar-refractivity contribution in [3.8, 4) is 0 Å². The van der Waals surface area contributed by atoms with E-state index < -0.39 is 34.6 Å². The first kappa shape index (κ1) is 12.2. The summed E-state index contributed by atoms with van der Waals surface area (Å²) in [5.41, 5.74) is 0.844. The SMILES string of the molecule is NC(=O)c1c(F)ccc(C=O)c1C(F)(F)F. The lowest BCUT2D eigenvalue weighted by atomic mass is 10.00. The lowest BCUT2D eigenvalue weighted by molar-refractivity contribution is -0.138. The van der Waals surface area contributed by atoms with Crippen molar-refractivity contribution in [1.29, 1.82) is 0 Å². The van der Waals surface area contributed by atoms with E-state index in [0.717, 1.165) is 0 Å². The molecule has 1 amide bonds. The van der Waals surface area contributed by atoms with Crippen LogP contribution in [0.1, 0.15) is 26.3 Å². The van der Waals surface area contributed by atoms with Crippen LogP contribution in [0.15, 0.2) is 12.1 Å². The smallest absolute Gasteiger partial charge is 0.365 e. The highest BCUT2D eigenvalue weighted by atomic mass is 19.4. The highest BCUT2D eigenvalue weighted by Crippen LogP contribution is 2.35. The number of amides is 1. The molecule has 0 unspecified atom stereocenters. The van der Waals surface area contributed by atoms with Crippen molar-refractivity contribution in [2.24, 2.45) is 5.73 Å². The standard InChI is InChI=1S/C9H5F4NO2/c10-5-2-1-4(3-15)7(9(11,12)13)6(5)8(14)16/h1-3H,(H2,14,16). The molecule has 0 aliphatic rings. The number of primary amides is 1. The zero-order valence-electron chi connectivity index (χ0n) is 7.64. The molecule has 0 aromatic heterocycles. The van der Waals surface area contributed by atoms with Crippen LogP contribution in [0.5, 0.6) is 0 Å². The molecule has 86 valence electrons. The van der Waals surface area contributed by atoms with Crippen molar-refractivity contribution >= 4 is 12.2 Å². The topological polar surface area (TPSA) is 60.2 Å². The molecule has 0 heterocycles. The van der Waals surface area contributed by atoms with E-state index in [0.29, 0.717) is 12.1 Å². The summed E-state index contributed by atoms with van der Waals surface area (Å²) in [5, 5.41) is 0. The lowest BCUT2D eigenvalue weighted by Gasteiger charge is -2.13. The molecule has 1 aromatic carbocycles. The van der Waals surface area contributed by atoms with Gasteiger partial charge < -0.3 is 5.73 Å². The Morgan fingerprint density at radius 3 is 2.25 bits per heavy atom. The quantitative estimate of drug-likeness (QED) is 0.627. The van der Waals surface area contributed by atoms with Crippen LogP contribution in [-0.4, -0.2) is 12.2 Å². The zero-order chi connectivity index (χ0) is 12.5. The molecule has 7 heteroatoms. The lowest BCUT2D eigenvalue weighted by Crippen LogP contribution is -2.22. The van der Waals surface area contributed by atoms with Crippen LogP contribution in [0.4, 0.5) is 17.6 Å². The molecule has 0 atom stereocenters. The van der Waals surface area contributed by atoms with Crippen molar-refractivity contribution in [2.45, 2.75) is 6.18 Å². The van der Waals surface area contributed by atoms with Crippen LogP contribution in [-0.2, 0) is 6.18 Å².